The molecule has 5 rings (SSSR count). The molecule has 1 atom stereocenters. The molecule has 3 aromatic rings. The van der Waals surface area contributed by atoms with Crippen LogP contribution < -0.4 is 21.3 Å². The van der Waals surface area contributed by atoms with Crippen molar-refractivity contribution in [2.45, 2.75) is 32.2 Å². The van der Waals surface area contributed by atoms with E-state index in [4.69, 9.17) is 5.73 Å². The number of nitrogens with one attached hydrogen (secondary N) is 2. The van der Waals surface area contributed by atoms with E-state index in [0.717, 1.165) is 37.4 Å². The summed E-state index contributed by atoms with van der Waals surface area (Å²) in [4.78, 5) is 24.7. The fourth-order valence-electron chi connectivity index (χ4n) is 4.69. The lowest BCUT2D eigenvalue weighted by Gasteiger charge is -2.33. The maximum atomic E-state index is 15.2. The first-order valence-electron chi connectivity index (χ1n) is 11.0. The van der Waals surface area contributed by atoms with Gasteiger partial charge in [0, 0.05) is 38.4 Å². The molecule has 0 saturated carbocycles. The molecule has 0 bridgehead atoms. The van der Waals surface area contributed by atoms with Gasteiger partial charge in [0.15, 0.2) is 0 Å². The molecule has 1 saturated heterocycles. The van der Waals surface area contributed by atoms with E-state index in [2.05, 4.69) is 31.6 Å². The van der Waals surface area contributed by atoms with Gasteiger partial charge in [-0.1, -0.05) is 0 Å². The molecule has 33 heavy (non-hydrogen) atoms. The number of thiophene rings is 1. The number of hydrogen-bond acceptors (Lipinski definition) is 8. The number of carbonyl (C=O) groups excluding carboxylic acids is 1. The highest BCUT2D eigenvalue weighted by Crippen LogP contribution is 2.35. The second kappa shape index (κ2) is 8.57. The quantitative estimate of drug-likeness (QED) is 0.543. The molecule has 1 fully saturated rings. The Morgan fingerprint density at radius 3 is 2.94 bits per heavy atom. The van der Waals surface area contributed by atoms with E-state index in [9.17, 15) is 10.1 Å². The first kappa shape index (κ1) is 21.6. The Bertz CT molecular complexity index is 1290. The van der Waals surface area contributed by atoms with Crippen LogP contribution in [0.1, 0.15) is 38.5 Å². The standard InChI is InChI=1S/C23H24FN7OS/c1-12-11-28-20-19(26)21(33-23(20)29-12)22(32)30-13-2-3-14-15(8-13)17(24)9-18(16(14)10-25)31-6-4-27-5-7-31/h9,11,13,27H,2-8,26H2,1H3,(H,30,32)/t13-/m1/s1. The van der Waals surface area contributed by atoms with E-state index < -0.39 is 0 Å². The fourth-order valence-corrected chi connectivity index (χ4v) is 5.69. The molecular formula is C23H24FN7OS. The molecule has 8 nitrogen and oxygen atoms in total. The number of nitrogens with two attached hydrogens (primary N) is 1. The van der Waals surface area contributed by atoms with Crippen LogP contribution in [0.15, 0.2) is 12.3 Å². The normalized spacial score (nSPS) is 18.1. The maximum absolute atomic E-state index is 15.2. The zero-order valence-corrected chi connectivity index (χ0v) is 19.1. The van der Waals surface area contributed by atoms with Gasteiger partial charge in [-0.2, -0.15) is 5.26 Å². The van der Waals surface area contributed by atoms with Crippen molar-refractivity contribution in [3.8, 4) is 6.07 Å². The summed E-state index contributed by atoms with van der Waals surface area (Å²) in [5, 5.41) is 16.1. The van der Waals surface area contributed by atoms with Crippen molar-refractivity contribution in [2.24, 2.45) is 0 Å². The maximum Gasteiger partial charge on any atom is 0.263 e. The number of nitrogens with zero attached hydrogens (tertiary/aromatic N) is 4. The molecule has 0 spiro atoms. The number of fused-ring (bicyclic) bond motifs is 2. The summed E-state index contributed by atoms with van der Waals surface area (Å²) in [5.74, 6) is -0.622. The van der Waals surface area contributed by atoms with Crippen LogP contribution in [-0.4, -0.2) is 48.1 Å². The van der Waals surface area contributed by atoms with E-state index in [1.165, 1.54) is 17.4 Å². The smallest absolute Gasteiger partial charge is 0.263 e. The number of anilines is 2. The van der Waals surface area contributed by atoms with E-state index in [1.54, 1.807) is 6.20 Å². The van der Waals surface area contributed by atoms with Gasteiger partial charge in [-0.05, 0) is 43.4 Å². The third-order valence-corrected chi connectivity index (χ3v) is 7.43. The molecule has 3 heterocycles. The number of nitriles is 1. The minimum absolute atomic E-state index is 0.247. The average molecular weight is 466 g/mol. The number of halogens is 1. The summed E-state index contributed by atoms with van der Waals surface area (Å²) in [6.07, 6.45) is 3.11. The molecule has 0 radical (unpaired) electrons. The van der Waals surface area contributed by atoms with Gasteiger partial charge in [0.05, 0.1) is 22.6 Å². The summed E-state index contributed by atoms with van der Waals surface area (Å²) in [6, 6.07) is 3.55. The lowest BCUT2D eigenvalue weighted by molar-refractivity contribution is 0.0938. The number of aryl methyl sites for hydroxylation is 1. The number of nitrogen functional groups attached to an aromatic ring is 1. The van der Waals surface area contributed by atoms with Crippen LogP contribution in [0.2, 0.25) is 0 Å². The molecule has 10 heteroatoms. The monoisotopic (exact) mass is 465 g/mol. The number of piperazine rings is 1. The minimum Gasteiger partial charge on any atom is -0.396 e. The lowest BCUT2D eigenvalue weighted by Crippen LogP contribution is -2.44. The van der Waals surface area contributed by atoms with Crippen molar-refractivity contribution in [3.63, 3.8) is 0 Å². The average Bonchev–Trinajstić information content (AvgIpc) is 3.15. The predicted molar refractivity (Wildman–Crippen MR) is 126 cm³/mol. The van der Waals surface area contributed by atoms with E-state index in [1.807, 2.05) is 6.92 Å². The van der Waals surface area contributed by atoms with Crippen LogP contribution in [0.5, 0.6) is 0 Å². The Morgan fingerprint density at radius 2 is 2.18 bits per heavy atom. The van der Waals surface area contributed by atoms with Gasteiger partial charge >= 0.3 is 0 Å². The van der Waals surface area contributed by atoms with Crippen molar-refractivity contribution in [1.82, 2.24) is 20.6 Å². The summed E-state index contributed by atoms with van der Waals surface area (Å²) in [7, 11) is 0. The van der Waals surface area contributed by atoms with E-state index in [-0.39, 0.29) is 17.8 Å². The lowest BCUT2D eigenvalue weighted by atomic mass is 9.84. The number of benzene rings is 1. The Labute approximate surface area is 194 Å². The van der Waals surface area contributed by atoms with Gasteiger partial charge in [0.25, 0.3) is 5.91 Å². The third-order valence-electron chi connectivity index (χ3n) is 6.34. The second-order valence-corrected chi connectivity index (χ2v) is 9.48. The Kier molecular flexibility index (Phi) is 5.60. The highest BCUT2D eigenvalue weighted by Gasteiger charge is 2.29. The highest BCUT2D eigenvalue weighted by atomic mass is 32.1. The van der Waals surface area contributed by atoms with E-state index in [0.29, 0.717) is 57.0 Å². The highest BCUT2D eigenvalue weighted by molar-refractivity contribution is 7.21. The molecule has 1 amide bonds. The SMILES string of the molecule is Cc1cnc2c(N)c(C(=O)N[C@@H]3CCc4c(C#N)c(N5CCNCC5)cc(F)c4C3)sc2n1. The van der Waals surface area contributed by atoms with Crippen LogP contribution >= 0.6 is 11.3 Å². The fraction of sp³-hybridized carbons (Fsp3) is 0.391. The van der Waals surface area contributed by atoms with E-state index >= 15 is 4.39 Å². The molecule has 2 aromatic heterocycles. The number of rotatable bonds is 3. The molecule has 1 aliphatic carbocycles. The van der Waals surface area contributed by atoms with Gasteiger partial charge in [-0.25, -0.2) is 14.4 Å². The van der Waals surface area contributed by atoms with Crippen molar-refractivity contribution >= 4 is 39.0 Å². The van der Waals surface area contributed by atoms with Gasteiger partial charge in [-0.15, -0.1) is 11.3 Å². The summed E-state index contributed by atoms with van der Waals surface area (Å²) in [6.45, 7) is 4.93. The second-order valence-electron chi connectivity index (χ2n) is 8.48. The molecule has 2 aliphatic rings. The van der Waals surface area contributed by atoms with Crippen LogP contribution in [0, 0.1) is 24.1 Å². The summed E-state index contributed by atoms with van der Waals surface area (Å²) < 4.78 is 15.2. The number of amides is 1. The van der Waals surface area contributed by atoms with Crippen molar-refractivity contribution in [2.75, 3.05) is 36.8 Å². The molecule has 170 valence electrons. The van der Waals surface area contributed by atoms with Crippen LogP contribution in [0.25, 0.3) is 10.3 Å². The van der Waals surface area contributed by atoms with Crippen LogP contribution in [0.3, 0.4) is 0 Å². The zero-order valence-electron chi connectivity index (χ0n) is 18.2. The van der Waals surface area contributed by atoms with Crippen molar-refractivity contribution < 1.29 is 9.18 Å². The van der Waals surface area contributed by atoms with Gasteiger partial charge in [0.2, 0.25) is 0 Å². The van der Waals surface area contributed by atoms with Gasteiger partial charge in [0.1, 0.15) is 27.1 Å². The zero-order chi connectivity index (χ0) is 23.1. The van der Waals surface area contributed by atoms with Crippen LogP contribution in [0.4, 0.5) is 15.8 Å². The molecule has 1 aliphatic heterocycles. The van der Waals surface area contributed by atoms with Gasteiger partial charge < -0.3 is 21.3 Å². The Balaban J connectivity index is 1.39. The summed E-state index contributed by atoms with van der Waals surface area (Å²) in [5.41, 5.74) is 10.3. The van der Waals surface area contributed by atoms with Crippen LogP contribution in [-0.2, 0) is 12.8 Å². The first-order chi connectivity index (χ1) is 16.0. The van der Waals surface area contributed by atoms with Gasteiger partial charge in [-0.3, -0.25) is 4.79 Å². The molecule has 1 aromatic carbocycles. The molecular weight excluding hydrogens is 441 g/mol. The Morgan fingerprint density at radius 1 is 1.39 bits per heavy atom. The third kappa shape index (κ3) is 3.87. The minimum atomic E-state index is -0.318. The topological polar surface area (TPSA) is 120 Å². The van der Waals surface area contributed by atoms with Crippen molar-refractivity contribution in [1.29, 1.82) is 5.26 Å². The predicted octanol–water partition coefficient (Wildman–Crippen LogP) is 2.29. The molecule has 4 N–H and O–H groups in total. The summed E-state index contributed by atoms with van der Waals surface area (Å²) >= 11 is 1.21. The number of aromatic nitrogens is 2. The van der Waals surface area contributed by atoms with Crippen molar-refractivity contribution in [3.05, 3.63) is 45.3 Å². The Hall–Kier alpha value is -3.29. The number of hydrogen-bond donors (Lipinski definition) is 3. The first-order valence-corrected chi connectivity index (χ1v) is 11.8. The molecule has 0 unspecified atom stereocenters. The largest absolute Gasteiger partial charge is 0.396 e. The number of carbonyl (C=O) groups is 1.